The number of carbonyl (C=O) groups is 1. The van der Waals surface area contributed by atoms with Crippen molar-refractivity contribution < 1.29 is 18.7 Å². The topological polar surface area (TPSA) is 104 Å². The van der Waals surface area contributed by atoms with Crippen molar-refractivity contribution in [1.29, 1.82) is 10.5 Å². The highest BCUT2D eigenvalue weighted by Crippen LogP contribution is 2.41. The molecule has 0 radical (unpaired) electrons. The smallest absolute Gasteiger partial charge is 0.338 e. The molecule has 3 aromatic rings. The summed E-state index contributed by atoms with van der Waals surface area (Å²) < 4.78 is 17.1. The number of anilines is 1. The molecule has 4 rings (SSSR count). The second-order valence-corrected chi connectivity index (χ2v) is 10.3. The third-order valence-corrected chi connectivity index (χ3v) is 7.00. The Morgan fingerprint density at radius 2 is 1.64 bits per heavy atom. The van der Waals surface area contributed by atoms with Crippen molar-refractivity contribution in [2.75, 3.05) is 24.6 Å². The lowest BCUT2D eigenvalue weighted by Crippen LogP contribution is -2.25. The van der Waals surface area contributed by atoms with Gasteiger partial charge in [0.2, 0.25) is 5.70 Å². The van der Waals surface area contributed by atoms with Gasteiger partial charge in [-0.15, -0.1) is 0 Å². The van der Waals surface area contributed by atoms with Crippen LogP contribution < -0.4 is 4.90 Å². The van der Waals surface area contributed by atoms with Crippen LogP contribution in [0.15, 0.2) is 99.8 Å². The third-order valence-electron chi connectivity index (χ3n) is 7.00. The lowest BCUT2D eigenvalue weighted by atomic mass is 9.97. The number of ether oxygens (including phenoxy) is 2. The van der Waals surface area contributed by atoms with Crippen LogP contribution in [0.4, 0.5) is 5.69 Å². The van der Waals surface area contributed by atoms with Crippen molar-refractivity contribution in [2.45, 2.75) is 32.8 Å². The lowest BCUT2D eigenvalue weighted by molar-refractivity contribution is 0.0502. The fourth-order valence-electron chi connectivity index (χ4n) is 4.69. The highest BCUT2D eigenvalue weighted by atomic mass is 16.5. The first kappa shape index (κ1) is 31.2. The van der Waals surface area contributed by atoms with Crippen LogP contribution in [0, 0.1) is 29.2 Å². The van der Waals surface area contributed by atoms with Crippen molar-refractivity contribution in [3.63, 3.8) is 0 Å². The van der Waals surface area contributed by atoms with Gasteiger partial charge in [0.05, 0.1) is 18.7 Å². The van der Waals surface area contributed by atoms with Gasteiger partial charge in [-0.1, -0.05) is 42.5 Å². The molecule has 0 spiro atoms. The zero-order chi connectivity index (χ0) is 31.5. The molecular formula is C36H32N4O4. The molecule has 1 aliphatic heterocycles. The van der Waals surface area contributed by atoms with E-state index in [0.717, 1.165) is 30.8 Å². The lowest BCUT2D eigenvalue weighted by Gasteiger charge is -2.23. The van der Waals surface area contributed by atoms with E-state index in [-0.39, 0.29) is 23.0 Å². The summed E-state index contributed by atoms with van der Waals surface area (Å²) in [6.07, 6.45) is 8.03. The maximum Gasteiger partial charge on any atom is 0.338 e. The molecule has 0 atom stereocenters. The van der Waals surface area contributed by atoms with E-state index in [1.54, 1.807) is 50.3 Å². The van der Waals surface area contributed by atoms with Crippen molar-refractivity contribution in [3.05, 3.63) is 129 Å². The minimum absolute atomic E-state index is 0.00938. The fourth-order valence-corrected chi connectivity index (χ4v) is 4.69. The molecule has 0 N–H and O–H groups in total. The Balaban J connectivity index is 1.35. The van der Waals surface area contributed by atoms with Crippen LogP contribution in [0.3, 0.4) is 0 Å². The number of allylic oxidation sites excluding steroid dienone is 1. The first-order valence-corrected chi connectivity index (χ1v) is 14.2. The van der Waals surface area contributed by atoms with Gasteiger partial charge in [-0.3, -0.25) is 0 Å². The Morgan fingerprint density at radius 3 is 2.25 bits per heavy atom. The summed E-state index contributed by atoms with van der Waals surface area (Å²) in [7, 11) is 0. The van der Waals surface area contributed by atoms with E-state index in [2.05, 4.69) is 28.8 Å². The maximum absolute atomic E-state index is 12.1. The van der Waals surface area contributed by atoms with E-state index < -0.39 is 5.60 Å². The summed E-state index contributed by atoms with van der Waals surface area (Å²) in [5, 5.41) is 18.5. The van der Waals surface area contributed by atoms with Gasteiger partial charge in [-0.05, 0) is 81.3 Å². The molecular weight excluding hydrogens is 552 g/mol. The van der Waals surface area contributed by atoms with Gasteiger partial charge in [0, 0.05) is 24.4 Å². The third kappa shape index (κ3) is 7.53. The summed E-state index contributed by atoms with van der Waals surface area (Å²) >= 11 is 0. The predicted octanol–water partition coefficient (Wildman–Crippen LogP) is 7.82. The molecule has 2 aromatic carbocycles. The molecule has 0 saturated heterocycles. The SMILES string of the molecule is [C-]#[N+]C1=C(/C=C/c2ccc(/C=C/c3ccc(N(CC)CCCOC(=O)c4ccccc4)cc3)o2)C(C)(C)OC1=C(C#N)C#N. The number of carbonyl (C=O) groups excluding carboxylic acids is 1. The molecule has 220 valence electrons. The van der Waals surface area contributed by atoms with Gasteiger partial charge in [0.15, 0.2) is 11.3 Å². The first-order valence-electron chi connectivity index (χ1n) is 14.2. The van der Waals surface area contributed by atoms with Gasteiger partial charge in [0.1, 0.15) is 29.3 Å². The molecule has 44 heavy (non-hydrogen) atoms. The summed E-state index contributed by atoms with van der Waals surface area (Å²) in [4.78, 5) is 17.9. The minimum Gasteiger partial charge on any atom is -0.493 e. The number of hydrogen-bond donors (Lipinski definition) is 0. The number of benzene rings is 2. The molecule has 0 fully saturated rings. The second-order valence-electron chi connectivity index (χ2n) is 10.3. The molecule has 1 aromatic heterocycles. The van der Waals surface area contributed by atoms with Crippen LogP contribution in [0.5, 0.6) is 0 Å². The number of nitrogens with zero attached hydrogens (tertiary/aromatic N) is 4. The van der Waals surface area contributed by atoms with Crippen LogP contribution in [0.25, 0.3) is 23.1 Å². The molecule has 1 aliphatic rings. The number of hydrogen-bond acceptors (Lipinski definition) is 7. The van der Waals surface area contributed by atoms with E-state index in [1.807, 2.05) is 54.6 Å². The van der Waals surface area contributed by atoms with E-state index in [9.17, 15) is 15.3 Å². The predicted molar refractivity (Wildman–Crippen MR) is 169 cm³/mol. The number of rotatable bonds is 11. The van der Waals surface area contributed by atoms with Crippen molar-refractivity contribution in [1.82, 2.24) is 0 Å². The monoisotopic (exact) mass is 584 g/mol. The van der Waals surface area contributed by atoms with Crippen molar-refractivity contribution in [2.24, 2.45) is 0 Å². The summed E-state index contributed by atoms with van der Waals surface area (Å²) in [5.41, 5.74) is 2.26. The molecule has 0 bridgehead atoms. The van der Waals surface area contributed by atoms with Gasteiger partial charge < -0.3 is 18.8 Å². The molecule has 2 heterocycles. The minimum atomic E-state index is -0.880. The quantitative estimate of drug-likeness (QED) is 0.0979. The maximum atomic E-state index is 12.1. The van der Waals surface area contributed by atoms with Crippen LogP contribution >= 0.6 is 0 Å². The Morgan fingerprint density at radius 1 is 0.977 bits per heavy atom. The molecule has 0 aliphatic carbocycles. The van der Waals surface area contributed by atoms with Gasteiger partial charge >= 0.3 is 5.97 Å². The average Bonchev–Trinajstić information content (AvgIpc) is 3.60. The molecule has 8 heteroatoms. The zero-order valence-electron chi connectivity index (χ0n) is 24.9. The van der Waals surface area contributed by atoms with E-state index in [0.29, 0.717) is 29.3 Å². The van der Waals surface area contributed by atoms with E-state index in [1.165, 1.54) is 0 Å². The van der Waals surface area contributed by atoms with Gasteiger partial charge in [0.25, 0.3) is 0 Å². The van der Waals surface area contributed by atoms with Crippen LogP contribution in [-0.2, 0) is 9.47 Å². The zero-order valence-corrected chi connectivity index (χ0v) is 24.9. The number of nitriles is 2. The summed E-state index contributed by atoms with van der Waals surface area (Å²) in [5.74, 6) is 0.947. The average molecular weight is 585 g/mol. The fraction of sp³-hybridized carbons (Fsp3) is 0.222. The van der Waals surface area contributed by atoms with Crippen molar-refractivity contribution in [3.8, 4) is 12.1 Å². The molecule has 0 amide bonds. The second kappa shape index (κ2) is 14.4. The van der Waals surface area contributed by atoms with Crippen molar-refractivity contribution >= 4 is 29.9 Å². The Bertz CT molecular complexity index is 1720. The largest absolute Gasteiger partial charge is 0.493 e. The number of esters is 1. The molecule has 0 unspecified atom stereocenters. The van der Waals surface area contributed by atoms with Crippen LogP contribution in [-0.4, -0.2) is 31.3 Å². The van der Waals surface area contributed by atoms with Gasteiger partial charge in [-0.25, -0.2) is 9.64 Å². The van der Waals surface area contributed by atoms with Crippen LogP contribution in [0.2, 0.25) is 0 Å². The van der Waals surface area contributed by atoms with Gasteiger partial charge in [-0.2, -0.15) is 10.5 Å². The standard InChI is InChI=1S/C36H32N4O4/c1-5-40(22-9-23-42-35(41)27-10-7-6-8-11-27)29-15-12-26(13-16-29)14-17-30-18-19-31(43-30)20-21-32-33(39-4)34(28(24-37)25-38)44-36(32,2)3/h6-8,10-21H,5,9,22-23H2,1-3H3/b17-14+,21-20+. The molecule has 0 saturated carbocycles. The first-order chi connectivity index (χ1) is 21.3. The Kier molecular flexibility index (Phi) is 10.2. The molecule has 8 nitrogen and oxygen atoms in total. The van der Waals surface area contributed by atoms with E-state index >= 15 is 0 Å². The summed E-state index contributed by atoms with van der Waals surface area (Å²) in [6.45, 7) is 15.2. The van der Waals surface area contributed by atoms with E-state index in [4.69, 9.17) is 20.5 Å². The van der Waals surface area contributed by atoms with Crippen LogP contribution in [0.1, 0.15) is 54.6 Å². The Hall–Kier alpha value is -5.78. The summed E-state index contributed by atoms with van der Waals surface area (Å²) in [6, 6.07) is 24.5. The highest BCUT2D eigenvalue weighted by molar-refractivity contribution is 5.89. The highest BCUT2D eigenvalue weighted by Gasteiger charge is 2.38. The Labute approximate surface area is 257 Å². The number of furan rings is 1. The normalized spacial score (nSPS) is 13.8.